The monoisotopic (exact) mass is 540 g/mol. The molecule has 0 fully saturated rings. The summed E-state index contributed by atoms with van der Waals surface area (Å²) in [7, 11) is 3.69. The number of pyridine rings is 1. The van der Waals surface area contributed by atoms with Crippen LogP contribution in [0, 0.1) is 11.6 Å². The predicted molar refractivity (Wildman–Crippen MR) is 136 cm³/mol. The molecular weight excluding hydrogens is 515 g/mol. The van der Waals surface area contributed by atoms with Crippen molar-refractivity contribution >= 4 is 16.6 Å². The van der Waals surface area contributed by atoms with E-state index in [1.54, 1.807) is 25.4 Å². The van der Waals surface area contributed by atoms with Gasteiger partial charge in [-0.25, -0.2) is 8.78 Å². The van der Waals surface area contributed by atoms with Gasteiger partial charge in [-0.05, 0) is 50.2 Å². The Morgan fingerprint density at radius 1 is 1.05 bits per heavy atom. The normalized spacial score (nSPS) is 15.8. The summed E-state index contributed by atoms with van der Waals surface area (Å²) in [6, 6.07) is 9.32. The zero-order valence-electron chi connectivity index (χ0n) is 21.5. The summed E-state index contributed by atoms with van der Waals surface area (Å²) in [4.78, 5) is 19.8. The molecule has 0 amide bonds. The van der Waals surface area contributed by atoms with E-state index in [-0.39, 0.29) is 23.3 Å². The summed E-state index contributed by atoms with van der Waals surface area (Å²) in [6.07, 6.45) is -1.41. The first-order chi connectivity index (χ1) is 18.4. The quantitative estimate of drug-likeness (QED) is 0.279. The number of hydrogen-bond acceptors (Lipinski definition) is 4. The third-order valence-electron chi connectivity index (χ3n) is 6.85. The molecule has 0 saturated heterocycles. The molecule has 1 unspecified atom stereocenters. The van der Waals surface area contributed by atoms with Crippen LogP contribution in [0.2, 0.25) is 0 Å². The number of fused-ring (bicyclic) bond motifs is 2. The smallest absolute Gasteiger partial charge is 0.304 e. The second-order valence-electron chi connectivity index (χ2n) is 10.1. The van der Waals surface area contributed by atoms with Gasteiger partial charge in [-0.2, -0.15) is 18.3 Å². The van der Waals surface area contributed by atoms with Gasteiger partial charge in [-0.15, -0.1) is 0 Å². The number of aromatic nitrogens is 3. The van der Waals surface area contributed by atoms with Crippen LogP contribution in [-0.2, 0) is 30.4 Å². The van der Waals surface area contributed by atoms with Gasteiger partial charge in [-0.3, -0.25) is 14.5 Å². The lowest BCUT2D eigenvalue weighted by Gasteiger charge is -2.30. The summed E-state index contributed by atoms with van der Waals surface area (Å²) >= 11 is 0. The minimum absolute atomic E-state index is 0.0344. The Hall–Kier alpha value is -3.92. The van der Waals surface area contributed by atoms with Crippen LogP contribution < -0.4 is 0 Å². The van der Waals surface area contributed by atoms with E-state index >= 15 is 4.39 Å². The molecule has 0 saturated carbocycles. The summed E-state index contributed by atoms with van der Waals surface area (Å²) in [5, 5.41) is 6.36. The van der Waals surface area contributed by atoms with Gasteiger partial charge >= 0.3 is 6.18 Å². The van der Waals surface area contributed by atoms with E-state index in [1.807, 2.05) is 43.3 Å². The molecule has 2 aromatic carbocycles. The van der Waals surface area contributed by atoms with Crippen molar-refractivity contribution in [1.82, 2.24) is 19.7 Å². The van der Waals surface area contributed by atoms with Crippen molar-refractivity contribution in [2.45, 2.75) is 38.5 Å². The van der Waals surface area contributed by atoms with Crippen molar-refractivity contribution in [3.63, 3.8) is 0 Å². The predicted octanol–water partition coefficient (Wildman–Crippen LogP) is 6.06. The molecular formula is C29H25F5N4O. The maximum Gasteiger partial charge on any atom is 0.419 e. The number of alkyl halides is 3. The second kappa shape index (κ2) is 10.00. The molecule has 0 spiro atoms. The van der Waals surface area contributed by atoms with E-state index < -0.39 is 29.4 Å². The van der Waals surface area contributed by atoms with E-state index in [9.17, 15) is 22.4 Å². The number of carbonyl (C=O) groups excluding carboxylic acids is 1. The molecule has 0 aliphatic carbocycles. The first-order valence-corrected chi connectivity index (χ1v) is 12.3. The fourth-order valence-corrected chi connectivity index (χ4v) is 5.16. The standard InChI is InChI=1S/C29H25F5N4O/c1-16-10-21-13-20(15-37(2)3)36-38(21)28(22-6-7-23(29(32,33)34)27(31)26(22)30)25(16)24(39)12-17-4-5-19-14-35-9-8-18(19)11-17/h4-9,11,13-14,28H,10,12,15H2,1-3H3. The number of Topliss-reactive ketones (excluding diaryl/α,β-unsaturated/α-hetero) is 1. The molecule has 4 aromatic rings. The zero-order chi connectivity index (χ0) is 28.1. The fourth-order valence-electron chi connectivity index (χ4n) is 5.16. The van der Waals surface area contributed by atoms with Crippen LogP contribution >= 0.6 is 0 Å². The fraction of sp³-hybridized carbons (Fsp3) is 0.276. The van der Waals surface area contributed by atoms with Gasteiger partial charge in [-0.1, -0.05) is 29.8 Å². The first-order valence-electron chi connectivity index (χ1n) is 12.3. The van der Waals surface area contributed by atoms with Gasteiger partial charge in [0.25, 0.3) is 0 Å². The van der Waals surface area contributed by atoms with Crippen molar-refractivity contribution in [1.29, 1.82) is 0 Å². The van der Waals surface area contributed by atoms with Crippen molar-refractivity contribution in [3.05, 3.63) is 106 Å². The molecule has 0 bridgehead atoms. The average molecular weight is 541 g/mol. The largest absolute Gasteiger partial charge is 0.419 e. The molecule has 202 valence electrons. The molecule has 39 heavy (non-hydrogen) atoms. The number of nitrogens with zero attached hydrogens (tertiary/aromatic N) is 4. The molecule has 1 atom stereocenters. The van der Waals surface area contributed by atoms with Crippen molar-refractivity contribution < 1.29 is 26.7 Å². The van der Waals surface area contributed by atoms with Crippen molar-refractivity contribution in [2.75, 3.05) is 14.1 Å². The van der Waals surface area contributed by atoms with Gasteiger partial charge in [0.2, 0.25) is 0 Å². The van der Waals surface area contributed by atoms with E-state index in [4.69, 9.17) is 0 Å². The molecule has 10 heteroatoms. The Labute approximate surface area is 221 Å². The number of carbonyl (C=O) groups is 1. The van der Waals surface area contributed by atoms with Gasteiger partial charge in [0.1, 0.15) is 6.04 Å². The molecule has 3 heterocycles. The highest BCUT2D eigenvalue weighted by Gasteiger charge is 2.40. The van der Waals surface area contributed by atoms with Crippen LogP contribution in [0.3, 0.4) is 0 Å². The lowest BCUT2D eigenvalue weighted by Crippen LogP contribution is -2.29. The number of rotatable bonds is 6. The van der Waals surface area contributed by atoms with Crippen LogP contribution in [0.15, 0.2) is 66.0 Å². The van der Waals surface area contributed by atoms with E-state index in [0.717, 1.165) is 16.8 Å². The highest BCUT2D eigenvalue weighted by molar-refractivity contribution is 5.99. The van der Waals surface area contributed by atoms with Crippen LogP contribution in [0.4, 0.5) is 22.0 Å². The zero-order valence-corrected chi connectivity index (χ0v) is 21.5. The molecule has 0 radical (unpaired) electrons. The number of ketones is 1. The van der Waals surface area contributed by atoms with E-state index in [0.29, 0.717) is 41.6 Å². The lowest BCUT2D eigenvalue weighted by molar-refractivity contribution is -0.140. The number of benzene rings is 2. The maximum absolute atomic E-state index is 15.4. The van der Waals surface area contributed by atoms with Crippen LogP contribution in [0.1, 0.15) is 41.0 Å². The minimum Gasteiger partial charge on any atom is -0.304 e. The summed E-state index contributed by atoms with van der Waals surface area (Å²) in [6.45, 7) is 2.18. The maximum atomic E-state index is 15.4. The third-order valence-corrected chi connectivity index (χ3v) is 6.85. The van der Waals surface area contributed by atoms with E-state index in [1.165, 1.54) is 4.68 Å². The van der Waals surface area contributed by atoms with Gasteiger partial charge in [0.05, 0.1) is 11.3 Å². The Balaban J connectivity index is 1.62. The van der Waals surface area contributed by atoms with Gasteiger partial charge in [0, 0.05) is 54.0 Å². The summed E-state index contributed by atoms with van der Waals surface area (Å²) < 4.78 is 71.5. The topological polar surface area (TPSA) is 51.0 Å². The molecule has 2 aromatic heterocycles. The SMILES string of the molecule is CC1=C(C(=O)Cc2ccc3cnccc3c2)C(c2ccc(C(F)(F)F)c(F)c2F)n2nc(CN(C)C)cc2C1. The van der Waals surface area contributed by atoms with Crippen LogP contribution in [0.25, 0.3) is 10.8 Å². The van der Waals surface area contributed by atoms with Crippen molar-refractivity contribution in [3.8, 4) is 0 Å². The molecule has 1 aliphatic rings. The average Bonchev–Trinajstić information content (AvgIpc) is 3.25. The molecule has 5 rings (SSSR count). The highest BCUT2D eigenvalue weighted by Crippen LogP contribution is 2.40. The summed E-state index contributed by atoms with van der Waals surface area (Å²) in [5.74, 6) is -4.00. The third kappa shape index (κ3) is 5.08. The Kier molecular flexibility index (Phi) is 6.84. The Morgan fingerprint density at radius 3 is 2.54 bits per heavy atom. The Morgan fingerprint density at radius 2 is 1.82 bits per heavy atom. The van der Waals surface area contributed by atoms with E-state index in [2.05, 4.69) is 10.1 Å². The Bertz CT molecular complexity index is 1620. The highest BCUT2D eigenvalue weighted by atomic mass is 19.4. The lowest BCUT2D eigenvalue weighted by atomic mass is 9.84. The minimum atomic E-state index is -5.07. The number of hydrogen-bond donors (Lipinski definition) is 0. The van der Waals surface area contributed by atoms with Crippen LogP contribution in [0.5, 0.6) is 0 Å². The first kappa shape index (κ1) is 26.7. The van der Waals surface area contributed by atoms with Gasteiger partial charge < -0.3 is 4.90 Å². The number of allylic oxidation sites excluding steroid dienone is 2. The van der Waals surface area contributed by atoms with Gasteiger partial charge in [0.15, 0.2) is 17.4 Å². The molecule has 5 nitrogen and oxygen atoms in total. The van der Waals surface area contributed by atoms with Crippen LogP contribution in [-0.4, -0.2) is 39.5 Å². The second-order valence-corrected chi connectivity index (χ2v) is 10.1. The summed E-state index contributed by atoms with van der Waals surface area (Å²) in [5.41, 5.74) is 0.729. The number of halogens is 5. The van der Waals surface area contributed by atoms with Crippen molar-refractivity contribution in [2.24, 2.45) is 0 Å². The molecule has 0 N–H and O–H groups in total. The molecule has 1 aliphatic heterocycles.